The molecule has 22 heavy (non-hydrogen) atoms. The molecule has 1 rings (SSSR count). The van der Waals surface area contributed by atoms with Crippen molar-refractivity contribution in [3.05, 3.63) is 0 Å². The van der Waals surface area contributed by atoms with E-state index in [1.165, 1.54) is 0 Å². The van der Waals surface area contributed by atoms with Crippen LogP contribution in [0.3, 0.4) is 0 Å². The molecule has 1 aliphatic rings. The summed E-state index contributed by atoms with van der Waals surface area (Å²) in [4.78, 5) is 3.01. The maximum atomic E-state index is 12.8. The summed E-state index contributed by atoms with van der Waals surface area (Å²) >= 11 is 4.04. The first-order valence-corrected chi connectivity index (χ1v) is 5.03. The molecule has 130 valence electrons. The fraction of sp³-hybridized carbons (Fsp3) is 0.857. The third kappa shape index (κ3) is 3.10. The number of halogens is 12. The summed E-state index contributed by atoms with van der Waals surface area (Å²) in [6, 6.07) is 0. The molecule has 0 saturated carbocycles. The number of hydrogen-bond acceptors (Lipinski definition) is 3. The van der Waals surface area contributed by atoms with Crippen LogP contribution in [-0.4, -0.2) is 35.6 Å². The van der Waals surface area contributed by atoms with Gasteiger partial charge >= 0.3 is 29.7 Å². The first-order chi connectivity index (χ1) is 9.43. The Kier molecular flexibility index (Phi) is 4.19. The first kappa shape index (κ1) is 18.8. The van der Waals surface area contributed by atoms with Gasteiger partial charge in [-0.05, 0) is 16.8 Å². The smallest absolute Gasteiger partial charge is 0.420 e. The van der Waals surface area contributed by atoms with Gasteiger partial charge in [-0.15, -0.1) is 0 Å². The summed E-state index contributed by atoms with van der Waals surface area (Å²) in [7, 11) is 0. The SMILES string of the molecule is FC(F)(F)C(C1=NOC(C(F)(F)F)(C(F)(F)Cl)O1)C(F)(F)F. The second-order valence-corrected chi connectivity index (χ2v) is 4.23. The van der Waals surface area contributed by atoms with Gasteiger partial charge in [0.05, 0.1) is 0 Å². The van der Waals surface area contributed by atoms with Crippen molar-refractivity contribution in [1.29, 1.82) is 0 Å². The van der Waals surface area contributed by atoms with Crippen LogP contribution in [0.25, 0.3) is 0 Å². The van der Waals surface area contributed by atoms with E-state index in [1.807, 2.05) is 0 Å². The Balaban J connectivity index is 3.29. The Morgan fingerprint density at radius 2 is 1.27 bits per heavy atom. The molecule has 0 N–H and O–H groups in total. The van der Waals surface area contributed by atoms with Crippen LogP contribution in [0.2, 0.25) is 0 Å². The van der Waals surface area contributed by atoms with Crippen molar-refractivity contribution in [3.63, 3.8) is 0 Å². The number of rotatable bonds is 2. The summed E-state index contributed by atoms with van der Waals surface area (Å²) in [6.07, 6.45) is -18.8. The average Bonchev–Trinajstić information content (AvgIpc) is 2.55. The van der Waals surface area contributed by atoms with Gasteiger partial charge in [-0.25, -0.2) is 0 Å². The van der Waals surface area contributed by atoms with E-state index in [0.717, 1.165) is 0 Å². The summed E-state index contributed by atoms with van der Waals surface area (Å²) in [5.41, 5.74) is 0. The molecule has 3 nitrogen and oxygen atoms in total. The lowest BCUT2D eigenvalue weighted by atomic mass is 10.1. The molecule has 0 amide bonds. The van der Waals surface area contributed by atoms with Gasteiger partial charge in [0.15, 0.2) is 0 Å². The van der Waals surface area contributed by atoms with Gasteiger partial charge in [0.2, 0.25) is 5.92 Å². The molecule has 0 fully saturated rings. The quantitative estimate of drug-likeness (QED) is 0.535. The van der Waals surface area contributed by atoms with Crippen molar-refractivity contribution in [2.45, 2.75) is 29.7 Å². The van der Waals surface area contributed by atoms with Gasteiger partial charge in [0, 0.05) is 0 Å². The van der Waals surface area contributed by atoms with Crippen molar-refractivity contribution in [2.75, 3.05) is 0 Å². The van der Waals surface area contributed by atoms with Crippen molar-refractivity contribution in [2.24, 2.45) is 11.1 Å². The minimum Gasteiger partial charge on any atom is -0.420 e. The number of nitrogens with zero attached hydrogens (tertiary/aromatic N) is 1. The van der Waals surface area contributed by atoms with E-state index in [9.17, 15) is 48.3 Å². The van der Waals surface area contributed by atoms with Crippen LogP contribution in [0, 0.1) is 5.92 Å². The van der Waals surface area contributed by atoms with Crippen LogP contribution in [0.4, 0.5) is 48.3 Å². The zero-order valence-corrected chi connectivity index (χ0v) is 10.1. The second-order valence-electron chi connectivity index (χ2n) is 3.75. The summed E-state index contributed by atoms with van der Waals surface area (Å²) in [5, 5.41) is -3.85. The topological polar surface area (TPSA) is 30.8 Å². The lowest BCUT2D eigenvalue weighted by Crippen LogP contribution is -2.59. The monoisotopic (exact) mass is 375 g/mol. The van der Waals surface area contributed by atoms with Crippen molar-refractivity contribution in [1.82, 2.24) is 0 Å². The molecule has 0 aromatic heterocycles. The number of oxime groups is 1. The zero-order valence-electron chi connectivity index (χ0n) is 9.38. The second kappa shape index (κ2) is 4.89. The van der Waals surface area contributed by atoms with Crippen LogP contribution in [0.5, 0.6) is 0 Å². The van der Waals surface area contributed by atoms with E-state index in [1.54, 1.807) is 5.16 Å². The molecule has 1 heterocycles. The lowest BCUT2D eigenvalue weighted by molar-refractivity contribution is -0.392. The molecule has 1 unspecified atom stereocenters. The van der Waals surface area contributed by atoms with Gasteiger partial charge in [-0.3, -0.25) is 0 Å². The molecule has 0 aliphatic carbocycles. The highest BCUT2D eigenvalue weighted by atomic mass is 35.5. The largest absolute Gasteiger partial charge is 0.478 e. The number of alkyl halides is 12. The molecular weight excluding hydrogens is 375 g/mol. The van der Waals surface area contributed by atoms with E-state index < -0.39 is 41.5 Å². The standard InChI is InChI=1S/C7HClF11NO2/c8-6(15,16)5(7(17,18)19)21-2(20-22-5)1(3(9,10)11)4(12,13)14/h1H. The molecule has 1 atom stereocenters. The molecular formula is C7HClF11NO2. The molecule has 0 aromatic rings. The van der Waals surface area contributed by atoms with E-state index in [2.05, 4.69) is 21.2 Å². The van der Waals surface area contributed by atoms with Crippen LogP contribution in [-0.2, 0) is 9.57 Å². The molecule has 0 aromatic carbocycles. The van der Waals surface area contributed by atoms with Crippen molar-refractivity contribution >= 4 is 17.5 Å². The van der Waals surface area contributed by atoms with Crippen LogP contribution >= 0.6 is 11.6 Å². The highest BCUT2D eigenvalue weighted by Crippen LogP contribution is 2.53. The molecule has 0 radical (unpaired) electrons. The first-order valence-electron chi connectivity index (χ1n) is 4.65. The summed E-state index contributed by atoms with van der Waals surface area (Å²) in [5.74, 6) is -12.8. The van der Waals surface area contributed by atoms with E-state index in [0.29, 0.717) is 0 Å². The van der Waals surface area contributed by atoms with Crippen LogP contribution in [0.15, 0.2) is 5.16 Å². The lowest BCUT2D eigenvalue weighted by Gasteiger charge is -2.31. The summed E-state index contributed by atoms with van der Waals surface area (Å²) in [6.45, 7) is 0. The number of hydrogen-bond donors (Lipinski definition) is 0. The highest BCUT2D eigenvalue weighted by Gasteiger charge is 2.80. The molecule has 0 saturated heterocycles. The Morgan fingerprint density at radius 3 is 1.50 bits per heavy atom. The summed E-state index contributed by atoms with van der Waals surface area (Å²) < 4.78 is 140. The van der Waals surface area contributed by atoms with Gasteiger partial charge in [0.25, 0.3) is 5.90 Å². The number of ether oxygens (including phenoxy) is 1. The van der Waals surface area contributed by atoms with E-state index in [4.69, 9.17) is 0 Å². The van der Waals surface area contributed by atoms with Crippen LogP contribution < -0.4 is 0 Å². The van der Waals surface area contributed by atoms with Gasteiger partial charge in [-0.1, -0.05) is 0 Å². The van der Waals surface area contributed by atoms with E-state index >= 15 is 0 Å². The fourth-order valence-electron chi connectivity index (χ4n) is 1.25. The minimum absolute atomic E-state index is 1.73. The van der Waals surface area contributed by atoms with E-state index in [-0.39, 0.29) is 0 Å². The third-order valence-electron chi connectivity index (χ3n) is 2.16. The maximum absolute atomic E-state index is 12.8. The minimum atomic E-state index is -6.30. The van der Waals surface area contributed by atoms with Crippen molar-refractivity contribution < 1.29 is 57.9 Å². The zero-order chi connectivity index (χ0) is 17.8. The van der Waals surface area contributed by atoms with Gasteiger partial charge in [0.1, 0.15) is 0 Å². The average molecular weight is 376 g/mol. The Bertz CT molecular complexity index is 431. The molecule has 0 bridgehead atoms. The Hall–Kier alpha value is -1.21. The predicted molar refractivity (Wildman–Crippen MR) is 44.8 cm³/mol. The molecule has 0 spiro atoms. The van der Waals surface area contributed by atoms with Crippen molar-refractivity contribution in [3.8, 4) is 0 Å². The maximum Gasteiger partial charge on any atom is 0.478 e. The highest BCUT2D eigenvalue weighted by molar-refractivity contribution is 6.22. The predicted octanol–water partition coefficient (Wildman–Crippen LogP) is 4.18. The normalized spacial score (nSPS) is 24.1. The molecule has 15 heteroatoms. The van der Waals surface area contributed by atoms with Crippen LogP contribution in [0.1, 0.15) is 0 Å². The van der Waals surface area contributed by atoms with Gasteiger partial charge < -0.3 is 9.57 Å². The van der Waals surface area contributed by atoms with Gasteiger partial charge in [-0.2, -0.15) is 48.3 Å². The third-order valence-corrected chi connectivity index (χ3v) is 2.41. The Labute approximate surface area is 117 Å². The molecule has 1 aliphatic heterocycles. The fourth-order valence-corrected chi connectivity index (χ4v) is 1.43. The Morgan fingerprint density at radius 1 is 0.864 bits per heavy atom.